The fraction of sp³-hybridized carbons (Fsp3) is 0.100. The Bertz CT molecular complexity index is 1320. The highest BCUT2D eigenvalue weighted by atomic mass is 19.3. The monoisotopic (exact) mass is 447 g/mol. The Hall–Kier alpha value is -4.22. The summed E-state index contributed by atoms with van der Waals surface area (Å²) in [7, 11) is 0. The third-order valence-corrected chi connectivity index (χ3v) is 4.22. The number of hydrogen-bond donors (Lipinski definition) is 0. The van der Waals surface area contributed by atoms with Gasteiger partial charge in [0.25, 0.3) is 5.56 Å². The first-order valence-corrected chi connectivity index (χ1v) is 9.01. The number of hydrogen-bond acceptors (Lipinski definition) is 6. The van der Waals surface area contributed by atoms with Gasteiger partial charge in [0.1, 0.15) is 23.2 Å². The summed E-state index contributed by atoms with van der Waals surface area (Å²) >= 11 is 0. The van der Waals surface area contributed by atoms with Gasteiger partial charge in [0.2, 0.25) is 0 Å². The Balaban J connectivity index is 1.68. The molecule has 4 aromatic rings. The van der Waals surface area contributed by atoms with E-state index in [1.54, 1.807) is 12.1 Å². The van der Waals surface area contributed by atoms with E-state index < -0.39 is 24.5 Å². The SMILES string of the molecule is O=c1c2cnn(-c3ccccc3)c2ncn1/N=C/c1ccc(OC(F)F)cc1OC(F)F. The van der Waals surface area contributed by atoms with Crippen LogP contribution in [0.1, 0.15) is 5.56 Å². The molecule has 164 valence electrons. The molecule has 0 saturated heterocycles. The van der Waals surface area contributed by atoms with Crippen molar-refractivity contribution in [2.75, 3.05) is 0 Å². The Morgan fingerprint density at radius 2 is 1.75 bits per heavy atom. The molecule has 0 unspecified atom stereocenters. The van der Waals surface area contributed by atoms with Crippen molar-refractivity contribution < 1.29 is 27.0 Å². The van der Waals surface area contributed by atoms with E-state index in [0.717, 1.165) is 29.4 Å². The van der Waals surface area contributed by atoms with Gasteiger partial charge in [-0.3, -0.25) is 4.79 Å². The Kier molecular flexibility index (Phi) is 5.83. The summed E-state index contributed by atoms with van der Waals surface area (Å²) in [6, 6.07) is 12.2. The number of alkyl halides is 4. The molecule has 0 bridgehead atoms. The fourth-order valence-electron chi connectivity index (χ4n) is 2.86. The average Bonchev–Trinajstić information content (AvgIpc) is 3.19. The molecule has 0 N–H and O–H groups in total. The first kappa shape index (κ1) is 21.0. The zero-order chi connectivity index (χ0) is 22.7. The van der Waals surface area contributed by atoms with Gasteiger partial charge < -0.3 is 9.47 Å². The minimum atomic E-state index is -3.21. The van der Waals surface area contributed by atoms with Crippen LogP contribution in [0.4, 0.5) is 17.6 Å². The van der Waals surface area contributed by atoms with Crippen LogP contribution < -0.4 is 15.0 Å². The number of halogens is 4. The number of para-hydroxylation sites is 1. The van der Waals surface area contributed by atoms with Gasteiger partial charge in [-0.2, -0.15) is 32.4 Å². The van der Waals surface area contributed by atoms with E-state index >= 15 is 0 Å². The summed E-state index contributed by atoms with van der Waals surface area (Å²) in [5.74, 6) is -0.831. The fourth-order valence-corrected chi connectivity index (χ4v) is 2.86. The van der Waals surface area contributed by atoms with Gasteiger partial charge in [0, 0.05) is 11.6 Å². The summed E-state index contributed by atoms with van der Waals surface area (Å²) in [5.41, 5.74) is 0.458. The van der Waals surface area contributed by atoms with Crippen molar-refractivity contribution in [3.05, 3.63) is 77.0 Å². The molecule has 0 fully saturated rings. The van der Waals surface area contributed by atoms with Crippen LogP contribution in [0.5, 0.6) is 11.5 Å². The number of nitrogens with zero attached hydrogens (tertiary/aromatic N) is 5. The lowest BCUT2D eigenvalue weighted by Gasteiger charge is -2.10. The maximum atomic E-state index is 12.7. The van der Waals surface area contributed by atoms with Gasteiger partial charge in [-0.1, -0.05) is 18.2 Å². The smallest absolute Gasteiger partial charge is 0.387 e. The van der Waals surface area contributed by atoms with Crippen LogP contribution in [0.15, 0.2) is 71.0 Å². The van der Waals surface area contributed by atoms with Crippen molar-refractivity contribution in [3.8, 4) is 17.2 Å². The molecule has 0 aliphatic heterocycles. The third kappa shape index (κ3) is 4.43. The minimum absolute atomic E-state index is 0.00102. The highest BCUT2D eigenvalue weighted by Gasteiger charge is 2.14. The van der Waals surface area contributed by atoms with Gasteiger partial charge in [0.05, 0.1) is 18.1 Å². The summed E-state index contributed by atoms with van der Waals surface area (Å²) in [6.07, 6.45) is 3.54. The molecule has 0 saturated carbocycles. The second-order valence-corrected chi connectivity index (χ2v) is 6.22. The molecule has 2 heterocycles. The lowest BCUT2D eigenvalue weighted by molar-refractivity contribution is -0.0543. The van der Waals surface area contributed by atoms with Crippen molar-refractivity contribution in [3.63, 3.8) is 0 Å². The Morgan fingerprint density at radius 1 is 1.00 bits per heavy atom. The largest absolute Gasteiger partial charge is 0.435 e. The molecular weight excluding hydrogens is 434 g/mol. The van der Waals surface area contributed by atoms with E-state index in [4.69, 9.17) is 0 Å². The molecule has 0 amide bonds. The lowest BCUT2D eigenvalue weighted by Crippen LogP contribution is -2.17. The van der Waals surface area contributed by atoms with E-state index in [1.807, 2.05) is 18.2 Å². The molecule has 0 aliphatic rings. The molecule has 32 heavy (non-hydrogen) atoms. The standard InChI is InChI=1S/C20H13F4N5O3/c21-19(22)31-14-7-6-12(16(8-14)32-20(23)24)9-26-28-11-25-17-15(18(28)30)10-27-29(17)13-4-2-1-3-5-13/h1-11,19-20H/b26-9+. The van der Waals surface area contributed by atoms with E-state index in [2.05, 4.69) is 24.7 Å². The van der Waals surface area contributed by atoms with Gasteiger partial charge in [-0.05, 0) is 24.3 Å². The van der Waals surface area contributed by atoms with Crippen molar-refractivity contribution >= 4 is 17.2 Å². The van der Waals surface area contributed by atoms with Crippen molar-refractivity contribution in [2.45, 2.75) is 13.2 Å². The Labute approximate surface area is 176 Å². The number of ether oxygens (including phenoxy) is 2. The summed E-state index contributed by atoms with van der Waals surface area (Å²) in [4.78, 5) is 16.9. The van der Waals surface area contributed by atoms with Gasteiger partial charge in [-0.25, -0.2) is 9.67 Å². The van der Waals surface area contributed by atoms with E-state index in [0.29, 0.717) is 11.3 Å². The zero-order valence-corrected chi connectivity index (χ0v) is 16.0. The van der Waals surface area contributed by atoms with Gasteiger partial charge in [-0.15, -0.1) is 0 Å². The van der Waals surface area contributed by atoms with E-state index in [-0.39, 0.29) is 16.7 Å². The number of fused-ring (bicyclic) bond motifs is 1. The van der Waals surface area contributed by atoms with Crippen LogP contribution in [0.3, 0.4) is 0 Å². The minimum Gasteiger partial charge on any atom is -0.435 e. The molecule has 0 atom stereocenters. The zero-order valence-electron chi connectivity index (χ0n) is 16.0. The topological polar surface area (TPSA) is 83.5 Å². The van der Waals surface area contributed by atoms with Crippen molar-refractivity contribution in [1.29, 1.82) is 0 Å². The second kappa shape index (κ2) is 8.88. The summed E-state index contributed by atoms with van der Waals surface area (Å²) in [6.45, 7) is -6.35. The predicted molar refractivity (Wildman–Crippen MR) is 106 cm³/mol. The highest BCUT2D eigenvalue weighted by molar-refractivity contribution is 5.84. The lowest BCUT2D eigenvalue weighted by atomic mass is 10.2. The number of rotatable bonds is 7. The maximum Gasteiger partial charge on any atom is 0.387 e. The summed E-state index contributed by atoms with van der Waals surface area (Å²) in [5, 5.41) is 8.29. The molecule has 2 aromatic heterocycles. The molecule has 8 nitrogen and oxygen atoms in total. The first-order valence-electron chi connectivity index (χ1n) is 9.01. The molecule has 0 spiro atoms. The third-order valence-electron chi connectivity index (χ3n) is 4.22. The van der Waals surface area contributed by atoms with Crippen LogP contribution >= 0.6 is 0 Å². The molecule has 12 heteroatoms. The van der Waals surface area contributed by atoms with Crippen molar-refractivity contribution in [1.82, 2.24) is 19.4 Å². The predicted octanol–water partition coefficient (Wildman–Crippen LogP) is 3.67. The first-order chi connectivity index (χ1) is 15.4. The normalized spacial score (nSPS) is 11.7. The van der Waals surface area contributed by atoms with Crippen LogP contribution in [0.2, 0.25) is 0 Å². The summed E-state index contributed by atoms with van der Waals surface area (Å²) < 4.78 is 61.1. The number of aromatic nitrogens is 4. The molecule has 2 aromatic carbocycles. The van der Waals surface area contributed by atoms with Crippen LogP contribution in [-0.2, 0) is 0 Å². The molecular formula is C20H13F4N5O3. The van der Waals surface area contributed by atoms with Gasteiger partial charge in [0.15, 0.2) is 5.65 Å². The number of benzene rings is 2. The van der Waals surface area contributed by atoms with Gasteiger partial charge >= 0.3 is 13.2 Å². The highest BCUT2D eigenvalue weighted by Crippen LogP contribution is 2.26. The molecule has 0 aliphatic carbocycles. The van der Waals surface area contributed by atoms with Crippen LogP contribution in [0.25, 0.3) is 16.7 Å². The molecule has 4 rings (SSSR count). The van der Waals surface area contributed by atoms with E-state index in [1.165, 1.54) is 16.9 Å². The van der Waals surface area contributed by atoms with Crippen molar-refractivity contribution in [2.24, 2.45) is 5.10 Å². The van der Waals surface area contributed by atoms with Crippen LogP contribution in [0, 0.1) is 0 Å². The quantitative estimate of drug-likeness (QED) is 0.319. The second-order valence-electron chi connectivity index (χ2n) is 6.22. The average molecular weight is 447 g/mol. The Morgan fingerprint density at radius 3 is 2.47 bits per heavy atom. The van der Waals surface area contributed by atoms with Crippen LogP contribution in [-0.4, -0.2) is 38.9 Å². The van der Waals surface area contributed by atoms with E-state index in [9.17, 15) is 22.4 Å². The maximum absolute atomic E-state index is 12.7. The molecule has 0 radical (unpaired) electrons.